The lowest BCUT2D eigenvalue weighted by molar-refractivity contribution is 0.0913. The van der Waals surface area contributed by atoms with Gasteiger partial charge >= 0.3 is 0 Å². The lowest BCUT2D eigenvalue weighted by Crippen LogP contribution is -2.40. The van der Waals surface area contributed by atoms with Crippen molar-refractivity contribution in [2.75, 3.05) is 11.5 Å². The number of rotatable bonds is 3. The van der Waals surface area contributed by atoms with Crippen LogP contribution in [0, 0.1) is 6.92 Å². The summed E-state index contributed by atoms with van der Waals surface area (Å²) in [5.41, 5.74) is 2.75. The van der Waals surface area contributed by atoms with Gasteiger partial charge in [0.05, 0.1) is 23.2 Å². The second-order valence-corrected chi connectivity index (χ2v) is 10.2. The average Bonchev–Trinajstić information content (AvgIpc) is 3.10. The number of nitrogens with zero attached hydrogens (tertiary/aromatic N) is 2. The van der Waals surface area contributed by atoms with E-state index in [9.17, 15) is 13.2 Å². The molecule has 1 aromatic carbocycles. The first kappa shape index (κ1) is 18.6. The number of sulfone groups is 1. The van der Waals surface area contributed by atoms with Crippen LogP contribution >= 0.6 is 0 Å². The van der Waals surface area contributed by atoms with Gasteiger partial charge in [-0.15, -0.1) is 0 Å². The van der Waals surface area contributed by atoms with E-state index in [0.717, 1.165) is 16.8 Å². The van der Waals surface area contributed by atoms with E-state index in [4.69, 9.17) is 0 Å². The monoisotopic (exact) mass is 375 g/mol. The number of benzene rings is 1. The first-order valence-electron chi connectivity index (χ1n) is 8.74. The summed E-state index contributed by atoms with van der Waals surface area (Å²) in [5, 5.41) is 7.39. The summed E-state index contributed by atoms with van der Waals surface area (Å²) in [6, 6.07) is 9.43. The summed E-state index contributed by atoms with van der Waals surface area (Å²) in [7, 11) is -3.05. The Morgan fingerprint density at radius 3 is 2.42 bits per heavy atom. The molecule has 6 nitrogen and oxygen atoms in total. The highest BCUT2D eigenvalue weighted by Gasteiger charge is 2.32. The van der Waals surface area contributed by atoms with Crippen molar-refractivity contribution in [3.63, 3.8) is 0 Å². The van der Waals surface area contributed by atoms with Crippen molar-refractivity contribution in [3.05, 3.63) is 41.6 Å². The minimum atomic E-state index is -3.05. The molecule has 2 heterocycles. The largest absolute Gasteiger partial charge is 0.346 e. The predicted octanol–water partition coefficient (Wildman–Crippen LogP) is 2.75. The summed E-state index contributed by atoms with van der Waals surface area (Å²) in [4.78, 5) is 12.5. The Kier molecular flexibility index (Phi) is 4.69. The van der Waals surface area contributed by atoms with E-state index in [1.807, 2.05) is 52.0 Å². The van der Waals surface area contributed by atoms with Crippen molar-refractivity contribution in [3.8, 4) is 11.3 Å². The van der Waals surface area contributed by atoms with E-state index < -0.39 is 9.84 Å². The first-order valence-corrected chi connectivity index (χ1v) is 10.6. The third-order valence-electron chi connectivity index (χ3n) is 4.36. The fourth-order valence-electron chi connectivity index (χ4n) is 3.10. The maximum Gasteiger partial charge on any atom is 0.272 e. The van der Waals surface area contributed by atoms with Gasteiger partial charge in [-0.1, -0.05) is 29.8 Å². The Hall–Kier alpha value is -2.15. The lowest BCUT2D eigenvalue weighted by Gasteiger charge is -2.19. The van der Waals surface area contributed by atoms with Crippen molar-refractivity contribution in [1.82, 2.24) is 15.1 Å². The summed E-state index contributed by atoms with van der Waals surface area (Å²) in [6.07, 6.45) is 0.517. The molecule has 0 spiro atoms. The normalized spacial score (nSPS) is 19.5. The lowest BCUT2D eigenvalue weighted by atomic mass is 10.1. The van der Waals surface area contributed by atoms with Gasteiger partial charge in [-0.2, -0.15) is 5.10 Å². The second kappa shape index (κ2) is 6.54. The number of aryl methyl sites for hydroxylation is 1. The minimum Gasteiger partial charge on any atom is -0.346 e. The van der Waals surface area contributed by atoms with Gasteiger partial charge in [-0.05, 0) is 45.7 Å². The zero-order chi connectivity index (χ0) is 19.1. The molecule has 1 fully saturated rings. The van der Waals surface area contributed by atoms with E-state index in [-0.39, 0.29) is 29.0 Å². The maximum absolute atomic E-state index is 12.5. The third-order valence-corrected chi connectivity index (χ3v) is 6.11. The maximum atomic E-state index is 12.5. The summed E-state index contributed by atoms with van der Waals surface area (Å²) < 4.78 is 25.5. The van der Waals surface area contributed by atoms with E-state index in [1.54, 1.807) is 10.7 Å². The highest BCUT2D eigenvalue weighted by molar-refractivity contribution is 7.91. The van der Waals surface area contributed by atoms with Crippen LogP contribution < -0.4 is 5.32 Å². The van der Waals surface area contributed by atoms with Crippen molar-refractivity contribution < 1.29 is 13.2 Å². The Morgan fingerprint density at radius 2 is 1.88 bits per heavy atom. The van der Waals surface area contributed by atoms with E-state index in [0.29, 0.717) is 12.1 Å². The number of carbonyl (C=O) groups excluding carboxylic acids is 1. The van der Waals surface area contributed by atoms with Crippen LogP contribution in [0.5, 0.6) is 0 Å². The number of hydrogen-bond acceptors (Lipinski definition) is 4. The number of hydrogen-bond donors (Lipinski definition) is 1. The first-order chi connectivity index (χ1) is 12.0. The molecule has 1 atom stereocenters. The minimum absolute atomic E-state index is 0.0634. The van der Waals surface area contributed by atoms with Crippen LogP contribution in [0.2, 0.25) is 0 Å². The van der Waals surface area contributed by atoms with Crippen molar-refractivity contribution in [2.45, 2.75) is 45.7 Å². The molecule has 1 unspecified atom stereocenters. The van der Waals surface area contributed by atoms with Gasteiger partial charge in [0.2, 0.25) is 0 Å². The van der Waals surface area contributed by atoms with Crippen LogP contribution in [0.3, 0.4) is 0 Å². The molecule has 1 amide bonds. The Bertz CT molecular complexity index is 922. The summed E-state index contributed by atoms with van der Waals surface area (Å²) in [5.74, 6) is -0.0344. The van der Waals surface area contributed by atoms with E-state index in [1.165, 1.54) is 0 Å². The number of amides is 1. The molecule has 1 aliphatic rings. The van der Waals surface area contributed by atoms with E-state index >= 15 is 0 Å². The molecule has 3 rings (SSSR count). The van der Waals surface area contributed by atoms with Crippen molar-refractivity contribution in [1.29, 1.82) is 0 Å². The highest BCUT2D eigenvalue weighted by atomic mass is 32.2. The SMILES string of the molecule is Cc1ccc(-c2cc(C(=O)NC(C)(C)C)nn2C2CCS(=O)(=O)C2)cc1. The molecule has 1 aliphatic heterocycles. The van der Waals surface area contributed by atoms with Gasteiger partial charge in [-0.25, -0.2) is 8.42 Å². The fraction of sp³-hybridized carbons (Fsp3) is 0.474. The standard InChI is InChI=1S/C19H25N3O3S/c1-13-5-7-14(8-6-13)17-11-16(18(23)20-19(2,3)4)21-22(17)15-9-10-26(24,25)12-15/h5-8,11,15H,9-10,12H2,1-4H3,(H,20,23). The van der Waals surface area contributed by atoms with Crippen LogP contribution in [0.25, 0.3) is 11.3 Å². The highest BCUT2D eigenvalue weighted by Crippen LogP contribution is 2.30. The molecular formula is C19H25N3O3S. The van der Waals surface area contributed by atoms with Crippen LogP contribution in [0.1, 0.15) is 49.3 Å². The molecule has 0 radical (unpaired) electrons. The Balaban J connectivity index is 2.03. The van der Waals surface area contributed by atoms with Crippen LogP contribution in [-0.4, -0.2) is 41.2 Å². The molecule has 0 bridgehead atoms. The Labute approximate surface area is 154 Å². The van der Waals surface area contributed by atoms with Gasteiger partial charge in [-0.3, -0.25) is 9.48 Å². The predicted molar refractivity (Wildman–Crippen MR) is 102 cm³/mol. The zero-order valence-corrected chi connectivity index (χ0v) is 16.4. The molecule has 7 heteroatoms. The molecule has 1 N–H and O–H groups in total. The number of nitrogens with one attached hydrogen (secondary N) is 1. The number of aromatic nitrogens is 2. The molecule has 1 aromatic heterocycles. The second-order valence-electron chi connectivity index (χ2n) is 7.99. The summed E-state index contributed by atoms with van der Waals surface area (Å²) >= 11 is 0. The topological polar surface area (TPSA) is 81.1 Å². The van der Waals surface area contributed by atoms with Crippen LogP contribution in [-0.2, 0) is 9.84 Å². The van der Waals surface area contributed by atoms with Gasteiger partial charge in [0.1, 0.15) is 0 Å². The zero-order valence-electron chi connectivity index (χ0n) is 15.6. The summed E-state index contributed by atoms with van der Waals surface area (Å²) in [6.45, 7) is 7.73. The molecule has 26 heavy (non-hydrogen) atoms. The average molecular weight is 375 g/mol. The molecule has 0 aliphatic carbocycles. The fourth-order valence-corrected chi connectivity index (χ4v) is 4.79. The van der Waals surface area contributed by atoms with E-state index in [2.05, 4.69) is 10.4 Å². The Morgan fingerprint density at radius 1 is 1.23 bits per heavy atom. The van der Waals surface area contributed by atoms with Gasteiger partial charge in [0.25, 0.3) is 5.91 Å². The quantitative estimate of drug-likeness (QED) is 0.894. The molecular weight excluding hydrogens is 350 g/mol. The smallest absolute Gasteiger partial charge is 0.272 e. The molecule has 140 valence electrons. The van der Waals surface area contributed by atoms with Gasteiger partial charge in [0, 0.05) is 5.54 Å². The van der Waals surface area contributed by atoms with Crippen LogP contribution in [0.15, 0.2) is 30.3 Å². The number of carbonyl (C=O) groups is 1. The molecule has 0 saturated carbocycles. The molecule has 1 saturated heterocycles. The van der Waals surface area contributed by atoms with Crippen molar-refractivity contribution in [2.24, 2.45) is 0 Å². The van der Waals surface area contributed by atoms with Crippen molar-refractivity contribution >= 4 is 15.7 Å². The molecule has 2 aromatic rings. The third kappa shape index (κ3) is 4.15. The van der Waals surface area contributed by atoms with Gasteiger partial charge < -0.3 is 5.32 Å². The van der Waals surface area contributed by atoms with Crippen LogP contribution in [0.4, 0.5) is 0 Å². The van der Waals surface area contributed by atoms with Gasteiger partial charge in [0.15, 0.2) is 15.5 Å².